The van der Waals surface area contributed by atoms with Gasteiger partial charge in [-0.1, -0.05) is 0 Å². The van der Waals surface area contributed by atoms with E-state index in [1.54, 1.807) is 7.11 Å². The summed E-state index contributed by atoms with van der Waals surface area (Å²) in [6.07, 6.45) is 3.24. The van der Waals surface area contributed by atoms with Crippen LogP contribution in [0.15, 0.2) is 0 Å². The second-order valence-corrected chi connectivity index (χ2v) is 5.84. The highest BCUT2D eigenvalue weighted by Gasteiger charge is 2.32. The van der Waals surface area contributed by atoms with Gasteiger partial charge in [-0.25, -0.2) is 0 Å². The van der Waals surface area contributed by atoms with Crippen LogP contribution in [0.4, 0.5) is 0 Å². The molecule has 0 aromatic carbocycles. The fourth-order valence-corrected chi connectivity index (χ4v) is 3.75. The van der Waals surface area contributed by atoms with Crippen LogP contribution in [0.5, 0.6) is 0 Å². The smallest absolute Gasteiger partial charge is 0.240 e. The lowest BCUT2D eigenvalue weighted by Crippen LogP contribution is -2.49. The summed E-state index contributed by atoms with van der Waals surface area (Å²) in [5, 5.41) is 3.30. The van der Waals surface area contributed by atoms with Crippen LogP contribution >= 0.6 is 11.8 Å². The largest absolute Gasteiger partial charge is 0.383 e. The summed E-state index contributed by atoms with van der Waals surface area (Å²) in [6, 6.07) is 0.475. The van der Waals surface area contributed by atoms with Crippen molar-refractivity contribution in [2.75, 3.05) is 38.3 Å². The maximum atomic E-state index is 12.4. The molecule has 2 fully saturated rings. The van der Waals surface area contributed by atoms with Crippen LogP contribution in [0.1, 0.15) is 19.3 Å². The molecule has 2 aliphatic heterocycles. The normalized spacial score (nSPS) is 28.5. The Morgan fingerprint density at radius 3 is 3.00 bits per heavy atom. The van der Waals surface area contributed by atoms with Crippen molar-refractivity contribution in [2.45, 2.75) is 31.3 Å². The van der Waals surface area contributed by atoms with Gasteiger partial charge in [0.2, 0.25) is 5.91 Å². The van der Waals surface area contributed by atoms with Gasteiger partial charge in [-0.3, -0.25) is 4.79 Å². The summed E-state index contributed by atoms with van der Waals surface area (Å²) < 4.78 is 5.12. The average molecular weight is 258 g/mol. The number of hydrogen-bond donors (Lipinski definition) is 1. The summed E-state index contributed by atoms with van der Waals surface area (Å²) in [5.74, 6) is 2.55. The number of ether oxygens (including phenoxy) is 1. The van der Waals surface area contributed by atoms with Crippen molar-refractivity contribution in [3.05, 3.63) is 0 Å². The Kier molecular flexibility index (Phi) is 5.13. The molecule has 0 aromatic rings. The molecule has 0 bridgehead atoms. The highest BCUT2D eigenvalue weighted by molar-refractivity contribution is 7.99. The third-order valence-electron chi connectivity index (χ3n) is 3.52. The predicted molar refractivity (Wildman–Crippen MR) is 70.3 cm³/mol. The molecule has 17 heavy (non-hydrogen) atoms. The fraction of sp³-hybridized carbons (Fsp3) is 0.917. The van der Waals surface area contributed by atoms with Gasteiger partial charge in [-0.05, 0) is 31.6 Å². The van der Waals surface area contributed by atoms with Gasteiger partial charge in [0.05, 0.1) is 12.6 Å². The Morgan fingerprint density at radius 2 is 2.41 bits per heavy atom. The lowest BCUT2D eigenvalue weighted by atomic mass is 10.1. The van der Waals surface area contributed by atoms with E-state index in [0.29, 0.717) is 12.6 Å². The minimum absolute atomic E-state index is 0.0532. The fourth-order valence-electron chi connectivity index (χ4n) is 2.53. The van der Waals surface area contributed by atoms with Gasteiger partial charge in [-0.2, -0.15) is 11.8 Å². The van der Waals surface area contributed by atoms with E-state index in [0.717, 1.165) is 38.1 Å². The second kappa shape index (κ2) is 6.61. The number of nitrogens with zero attached hydrogens (tertiary/aromatic N) is 1. The lowest BCUT2D eigenvalue weighted by Gasteiger charge is -2.30. The second-order valence-electron chi connectivity index (χ2n) is 4.69. The van der Waals surface area contributed by atoms with Crippen LogP contribution in [-0.4, -0.2) is 61.2 Å². The quantitative estimate of drug-likeness (QED) is 0.789. The molecule has 2 saturated heterocycles. The minimum atomic E-state index is 0.0532. The first-order valence-electron chi connectivity index (χ1n) is 6.43. The number of thioether (sulfide) groups is 1. The molecule has 1 N–H and O–H groups in total. The number of carbonyl (C=O) groups is 1. The highest BCUT2D eigenvalue weighted by atomic mass is 32.2. The number of methoxy groups -OCH3 is 1. The SMILES string of the molecule is COCCN(C(=O)[C@@H]1CCCN1)C1CCSC1. The van der Waals surface area contributed by atoms with Crippen molar-refractivity contribution in [2.24, 2.45) is 0 Å². The van der Waals surface area contributed by atoms with Crippen LogP contribution in [0.25, 0.3) is 0 Å². The zero-order valence-electron chi connectivity index (χ0n) is 10.5. The summed E-state index contributed by atoms with van der Waals surface area (Å²) >= 11 is 1.95. The van der Waals surface area contributed by atoms with Crippen LogP contribution in [0, 0.1) is 0 Å². The monoisotopic (exact) mass is 258 g/mol. The number of amides is 1. The molecule has 0 radical (unpaired) electrons. The first-order chi connectivity index (χ1) is 8.33. The van der Waals surface area contributed by atoms with Crippen LogP contribution < -0.4 is 5.32 Å². The van der Waals surface area contributed by atoms with E-state index >= 15 is 0 Å². The molecule has 2 aliphatic rings. The Morgan fingerprint density at radius 1 is 1.53 bits per heavy atom. The molecular weight excluding hydrogens is 236 g/mol. The number of hydrogen-bond acceptors (Lipinski definition) is 4. The molecular formula is C12H22N2O2S. The molecule has 5 heteroatoms. The Labute approximate surface area is 107 Å². The van der Waals surface area contributed by atoms with Crippen molar-refractivity contribution in [3.63, 3.8) is 0 Å². The molecule has 1 unspecified atom stereocenters. The van der Waals surface area contributed by atoms with Crippen LogP contribution in [0.3, 0.4) is 0 Å². The third kappa shape index (κ3) is 3.36. The summed E-state index contributed by atoms with van der Waals surface area (Å²) in [6.45, 7) is 2.35. The van der Waals surface area contributed by atoms with Gasteiger partial charge in [0.1, 0.15) is 0 Å². The van der Waals surface area contributed by atoms with Crippen molar-refractivity contribution in [1.82, 2.24) is 10.2 Å². The minimum Gasteiger partial charge on any atom is -0.383 e. The molecule has 0 aromatic heterocycles. The zero-order chi connectivity index (χ0) is 12.1. The first-order valence-corrected chi connectivity index (χ1v) is 7.59. The van der Waals surface area contributed by atoms with Gasteiger partial charge in [0.15, 0.2) is 0 Å². The van der Waals surface area contributed by atoms with Gasteiger partial charge in [-0.15, -0.1) is 0 Å². The van der Waals surface area contributed by atoms with E-state index in [-0.39, 0.29) is 11.9 Å². The molecule has 2 heterocycles. The van der Waals surface area contributed by atoms with Crippen molar-refractivity contribution in [1.29, 1.82) is 0 Å². The molecule has 98 valence electrons. The van der Waals surface area contributed by atoms with E-state index in [1.807, 2.05) is 16.7 Å². The molecule has 0 saturated carbocycles. The first kappa shape index (κ1) is 13.2. The summed E-state index contributed by atoms with van der Waals surface area (Å²) in [7, 11) is 1.69. The molecule has 0 spiro atoms. The number of carbonyl (C=O) groups excluding carboxylic acids is 1. The zero-order valence-corrected chi connectivity index (χ0v) is 11.3. The van der Waals surface area contributed by atoms with E-state index in [9.17, 15) is 4.79 Å². The lowest BCUT2D eigenvalue weighted by molar-refractivity contribution is -0.135. The molecule has 4 nitrogen and oxygen atoms in total. The Balaban J connectivity index is 1.94. The molecule has 1 amide bonds. The number of rotatable bonds is 5. The van der Waals surface area contributed by atoms with Crippen LogP contribution in [0.2, 0.25) is 0 Å². The predicted octanol–water partition coefficient (Wildman–Crippen LogP) is 0.719. The van der Waals surface area contributed by atoms with Gasteiger partial charge < -0.3 is 15.0 Å². The van der Waals surface area contributed by atoms with Gasteiger partial charge in [0.25, 0.3) is 0 Å². The molecule has 0 aliphatic carbocycles. The van der Waals surface area contributed by atoms with Crippen molar-refractivity contribution in [3.8, 4) is 0 Å². The molecule has 2 rings (SSSR count). The summed E-state index contributed by atoms with van der Waals surface area (Å²) in [4.78, 5) is 14.5. The highest BCUT2D eigenvalue weighted by Crippen LogP contribution is 2.23. The van der Waals surface area contributed by atoms with Crippen LogP contribution in [-0.2, 0) is 9.53 Å². The van der Waals surface area contributed by atoms with Crippen molar-refractivity contribution < 1.29 is 9.53 Å². The maximum absolute atomic E-state index is 12.4. The maximum Gasteiger partial charge on any atom is 0.240 e. The van der Waals surface area contributed by atoms with Gasteiger partial charge >= 0.3 is 0 Å². The average Bonchev–Trinajstić information content (AvgIpc) is 3.02. The molecule has 2 atom stereocenters. The van der Waals surface area contributed by atoms with E-state index in [1.165, 1.54) is 5.75 Å². The van der Waals surface area contributed by atoms with E-state index in [4.69, 9.17) is 4.74 Å². The Bertz CT molecular complexity index is 251. The topological polar surface area (TPSA) is 41.6 Å². The standard InChI is InChI=1S/C12H22N2O2S/c1-16-7-6-14(10-4-8-17-9-10)12(15)11-3-2-5-13-11/h10-11,13H,2-9H2,1H3/t10?,11-/m0/s1. The Hall–Kier alpha value is -0.260. The van der Waals surface area contributed by atoms with Gasteiger partial charge in [0, 0.05) is 25.4 Å². The summed E-state index contributed by atoms with van der Waals surface area (Å²) in [5.41, 5.74) is 0. The van der Waals surface area contributed by atoms with E-state index in [2.05, 4.69) is 5.32 Å². The van der Waals surface area contributed by atoms with Crippen molar-refractivity contribution >= 4 is 17.7 Å². The third-order valence-corrected chi connectivity index (χ3v) is 4.67. The number of nitrogens with one attached hydrogen (secondary N) is 1. The van der Waals surface area contributed by atoms with E-state index < -0.39 is 0 Å².